The predicted molar refractivity (Wildman–Crippen MR) is 54.6 cm³/mol. The molecule has 0 spiro atoms. The van der Waals surface area contributed by atoms with E-state index < -0.39 is 0 Å². The van der Waals surface area contributed by atoms with E-state index in [0.717, 1.165) is 0 Å². The van der Waals surface area contributed by atoms with E-state index in [1.165, 1.54) is 0 Å². The molecule has 0 bridgehead atoms. The van der Waals surface area contributed by atoms with Crippen molar-refractivity contribution in [2.45, 2.75) is 4.43 Å². The van der Waals surface area contributed by atoms with Gasteiger partial charge in [0.05, 0.1) is 11.3 Å². The zero-order chi connectivity index (χ0) is 9.14. The number of aromatic nitrogens is 2. The van der Waals surface area contributed by atoms with Crippen molar-refractivity contribution in [2.24, 2.45) is 0 Å². The molecule has 2 N–H and O–H groups in total. The lowest BCUT2D eigenvalue weighted by Crippen LogP contribution is -2.03. The second-order valence-corrected chi connectivity index (χ2v) is 3.11. The Labute approximate surface area is 87.7 Å². The van der Waals surface area contributed by atoms with E-state index in [2.05, 4.69) is 32.6 Å². The number of aldehydes is 1. The average Bonchev–Trinajstić information content (AvgIpc) is 2.03. The van der Waals surface area contributed by atoms with E-state index in [1.54, 1.807) is 0 Å². The van der Waals surface area contributed by atoms with Gasteiger partial charge >= 0.3 is 0 Å². The summed E-state index contributed by atoms with van der Waals surface area (Å²) in [6, 6.07) is 0. The molecule has 64 valence electrons. The zero-order valence-corrected chi connectivity index (χ0v) is 8.83. The number of nitrogens with zero attached hydrogens (tertiary/aromatic N) is 2. The fourth-order valence-corrected chi connectivity index (χ4v) is 1.54. The van der Waals surface area contributed by atoms with Gasteiger partial charge in [0.1, 0.15) is 5.15 Å². The van der Waals surface area contributed by atoms with Gasteiger partial charge in [-0.15, -0.1) is 0 Å². The summed E-state index contributed by atoms with van der Waals surface area (Å²) < 4.78 is 0.582. The first kappa shape index (κ1) is 9.66. The number of carbonyl (C=O) groups excluding carboxylic acids is 1. The number of rotatable bonds is 2. The van der Waals surface area contributed by atoms with Gasteiger partial charge in [-0.1, -0.05) is 34.2 Å². The number of nitrogen functional groups attached to an aromatic ring is 1. The molecule has 0 radical (unpaired) electrons. The maximum atomic E-state index is 10.5. The van der Waals surface area contributed by atoms with Crippen LogP contribution in [0.5, 0.6) is 0 Å². The molecule has 0 unspecified atom stereocenters. The summed E-state index contributed by atoms with van der Waals surface area (Å²) in [5.41, 5.74) is 6.22. The third-order valence-electron chi connectivity index (χ3n) is 1.24. The van der Waals surface area contributed by atoms with Crippen LogP contribution in [-0.2, 0) is 4.43 Å². The summed E-state index contributed by atoms with van der Waals surface area (Å²) >= 11 is 7.72. The van der Waals surface area contributed by atoms with Crippen LogP contribution in [0.3, 0.4) is 0 Å². The predicted octanol–water partition coefficient (Wildman–Crippen LogP) is 1.46. The van der Waals surface area contributed by atoms with Crippen molar-refractivity contribution >= 4 is 46.4 Å². The molecule has 12 heavy (non-hydrogen) atoms. The van der Waals surface area contributed by atoms with E-state index in [0.29, 0.717) is 22.0 Å². The van der Waals surface area contributed by atoms with Crippen LogP contribution in [0.4, 0.5) is 5.95 Å². The molecule has 0 atom stereocenters. The normalized spacial score (nSPS) is 9.83. The number of nitrogens with two attached hydrogens (primary N) is 1. The van der Waals surface area contributed by atoms with Crippen LogP contribution in [0.15, 0.2) is 0 Å². The number of hydrogen-bond acceptors (Lipinski definition) is 4. The Morgan fingerprint density at radius 2 is 2.25 bits per heavy atom. The van der Waals surface area contributed by atoms with Crippen LogP contribution in [-0.4, -0.2) is 16.3 Å². The minimum absolute atomic E-state index is 0.0947. The van der Waals surface area contributed by atoms with E-state index >= 15 is 0 Å². The molecule has 4 nitrogen and oxygen atoms in total. The van der Waals surface area contributed by atoms with E-state index in [9.17, 15) is 4.79 Å². The first-order valence-electron chi connectivity index (χ1n) is 3.02. The summed E-state index contributed by atoms with van der Waals surface area (Å²) in [5.74, 6) is 0.0947. The number of anilines is 1. The number of alkyl halides is 1. The van der Waals surface area contributed by atoms with Gasteiger partial charge in [0.2, 0.25) is 5.95 Å². The maximum absolute atomic E-state index is 10.5. The minimum Gasteiger partial charge on any atom is -0.368 e. The van der Waals surface area contributed by atoms with Gasteiger partial charge in [0.15, 0.2) is 6.29 Å². The second-order valence-electron chi connectivity index (χ2n) is 1.98. The van der Waals surface area contributed by atoms with Gasteiger partial charge in [0, 0.05) is 4.43 Å². The van der Waals surface area contributed by atoms with Crippen LogP contribution >= 0.6 is 34.2 Å². The van der Waals surface area contributed by atoms with Gasteiger partial charge < -0.3 is 5.73 Å². The van der Waals surface area contributed by atoms with Gasteiger partial charge in [-0.25, -0.2) is 9.97 Å². The molecule has 1 aromatic heterocycles. The number of carbonyl (C=O) groups is 1. The second kappa shape index (κ2) is 3.99. The Balaban J connectivity index is 3.33. The van der Waals surface area contributed by atoms with Crippen LogP contribution in [0.1, 0.15) is 16.1 Å². The van der Waals surface area contributed by atoms with Crippen molar-refractivity contribution in [3.8, 4) is 0 Å². The zero-order valence-electron chi connectivity index (χ0n) is 5.92. The molecule has 0 amide bonds. The quantitative estimate of drug-likeness (QED) is 0.388. The topological polar surface area (TPSA) is 68.9 Å². The first-order chi connectivity index (χ1) is 5.69. The van der Waals surface area contributed by atoms with E-state index in [4.69, 9.17) is 17.3 Å². The molecule has 0 aliphatic heterocycles. The van der Waals surface area contributed by atoms with Gasteiger partial charge in [0.25, 0.3) is 0 Å². The van der Waals surface area contributed by atoms with E-state index in [-0.39, 0.29) is 11.1 Å². The molecule has 1 aromatic rings. The molecular formula is C6H5ClIN3O. The monoisotopic (exact) mass is 297 g/mol. The van der Waals surface area contributed by atoms with Crippen LogP contribution < -0.4 is 5.73 Å². The maximum Gasteiger partial charge on any atom is 0.221 e. The molecule has 0 aliphatic rings. The Hall–Kier alpha value is -0.430. The number of halogens is 2. The lowest BCUT2D eigenvalue weighted by molar-refractivity contribution is 0.112. The fraction of sp³-hybridized carbons (Fsp3) is 0.167. The minimum atomic E-state index is 0.0947. The first-order valence-corrected chi connectivity index (χ1v) is 4.92. The molecule has 0 saturated heterocycles. The number of hydrogen-bond donors (Lipinski definition) is 1. The van der Waals surface area contributed by atoms with Crippen molar-refractivity contribution < 1.29 is 4.79 Å². The standard InChI is InChI=1S/C6H5ClIN3O/c7-5-3(2-12)4(1-8)10-6(9)11-5/h2H,1H2,(H2,9,10,11). The summed E-state index contributed by atoms with van der Waals surface area (Å²) in [5, 5.41) is 0.115. The Morgan fingerprint density at radius 1 is 1.58 bits per heavy atom. The highest BCUT2D eigenvalue weighted by Gasteiger charge is 2.09. The highest BCUT2D eigenvalue weighted by atomic mass is 127. The highest BCUT2D eigenvalue weighted by molar-refractivity contribution is 14.1. The lowest BCUT2D eigenvalue weighted by atomic mass is 10.3. The van der Waals surface area contributed by atoms with Gasteiger partial charge in [-0.3, -0.25) is 4.79 Å². The molecular weight excluding hydrogens is 292 g/mol. The molecule has 6 heteroatoms. The molecule has 0 fully saturated rings. The SMILES string of the molecule is Nc1nc(Cl)c(C=O)c(CI)n1. The fourth-order valence-electron chi connectivity index (χ4n) is 0.722. The lowest BCUT2D eigenvalue weighted by Gasteiger charge is -2.01. The molecule has 0 aromatic carbocycles. The third kappa shape index (κ3) is 1.84. The Bertz CT molecular complexity index is 318. The summed E-state index contributed by atoms with van der Waals surface area (Å²) in [6.45, 7) is 0. The molecule has 0 saturated carbocycles. The smallest absolute Gasteiger partial charge is 0.221 e. The van der Waals surface area contributed by atoms with Crippen molar-refractivity contribution in [3.63, 3.8) is 0 Å². The largest absolute Gasteiger partial charge is 0.368 e. The molecule has 1 rings (SSSR count). The van der Waals surface area contributed by atoms with Gasteiger partial charge in [-0.05, 0) is 0 Å². The Morgan fingerprint density at radius 3 is 2.75 bits per heavy atom. The Kier molecular flexibility index (Phi) is 3.21. The van der Waals surface area contributed by atoms with Crippen molar-refractivity contribution in [2.75, 3.05) is 5.73 Å². The molecule has 0 aliphatic carbocycles. The van der Waals surface area contributed by atoms with Crippen molar-refractivity contribution in [3.05, 3.63) is 16.4 Å². The van der Waals surface area contributed by atoms with Gasteiger partial charge in [-0.2, -0.15) is 0 Å². The summed E-state index contributed by atoms with van der Waals surface area (Å²) in [6.07, 6.45) is 0.635. The van der Waals surface area contributed by atoms with Crippen molar-refractivity contribution in [1.82, 2.24) is 9.97 Å². The third-order valence-corrected chi connectivity index (χ3v) is 2.25. The summed E-state index contributed by atoms with van der Waals surface area (Å²) in [7, 11) is 0. The summed E-state index contributed by atoms with van der Waals surface area (Å²) in [4.78, 5) is 18.0. The van der Waals surface area contributed by atoms with Crippen molar-refractivity contribution in [1.29, 1.82) is 0 Å². The molecule has 1 heterocycles. The highest BCUT2D eigenvalue weighted by Crippen LogP contribution is 2.17. The van der Waals surface area contributed by atoms with Crippen LogP contribution in [0, 0.1) is 0 Å². The van der Waals surface area contributed by atoms with Crippen LogP contribution in [0.25, 0.3) is 0 Å². The van der Waals surface area contributed by atoms with E-state index in [1.807, 2.05) is 0 Å². The van der Waals surface area contributed by atoms with Crippen LogP contribution in [0.2, 0.25) is 5.15 Å². The average molecular weight is 297 g/mol.